The molecule has 0 radical (unpaired) electrons. The first-order valence-electron chi connectivity index (χ1n) is 7.40. The average Bonchev–Trinajstić information content (AvgIpc) is 3.22. The highest BCUT2D eigenvalue weighted by atomic mass is 32.1. The van der Waals surface area contributed by atoms with Gasteiger partial charge in [-0.05, 0) is 6.07 Å². The zero-order valence-electron chi connectivity index (χ0n) is 12.0. The summed E-state index contributed by atoms with van der Waals surface area (Å²) in [5.74, 6) is 1.02. The summed E-state index contributed by atoms with van der Waals surface area (Å²) in [7, 11) is 0. The number of rotatable bonds is 3. The SMILES string of the molecule is OCc1ccnc(N2CC3CN(c4nccs4)CC3C2)c1F. The van der Waals surface area contributed by atoms with E-state index >= 15 is 0 Å². The highest BCUT2D eigenvalue weighted by Crippen LogP contribution is 2.36. The van der Waals surface area contributed by atoms with Gasteiger partial charge in [-0.15, -0.1) is 11.3 Å². The predicted molar refractivity (Wildman–Crippen MR) is 83.6 cm³/mol. The fraction of sp³-hybridized carbons (Fsp3) is 0.467. The topological polar surface area (TPSA) is 52.5 Å². The van der Waals surface area contributed by atoms with Crippen LogP contribution < -0.4 is 9.80 Å². The lowest BCUT2D eigenvalue weighted by Gasteiger charge is -2.22. The van der Waals surface area contributed by atoms with Gasteiger partial charge in [-0.2, -0.15) is 0 Å². The number of fused-ring (bicyclic) bond motifs is 1. The lowest BCUT2D eigenvalue weighted by Crippen LogP contribution is -2.29. The minimum Gasteiger partial charge on any atom is -0.392 e. The zero-order valence-corrected chi connectivity index (χ0v) is 12.8. The largest absolute Gasteiger partial charge is 0.392 e. The Bertz CT molecular complexity index is 652. The molecule has 2 unspecified atom stereocenters. The molecule has 0 amide bonds. The molecule has 0 saturated carbocycles. The highest BCUT2D eigenvalue weighted by molar-refractivity contribution is 7.13. The molecule has 4 heterocycles. The van der Waals surface area contributed by atoms with E-state index in [9.17, 15) is 9.50 Å². The standard InChI is InChI=1S/C15H17FN4OS/c16-13-10(9-21)1-2-17-14(13)19-5-11-7-20(8-12(11)6-19)15-18-3-4-22-15/h1-4,11-12,21H,5-9H2. The van der Waals surface area contributed by atoms with Gasteiger partial charge in [0.1, 0.15) is 0 Å². The molecule has 0 spiro atoms. The molecule has 2 aromatic rings. The lowest BCUT2D eigenvalue weighted by atomic mass is 10.0. The Kier molecular flexibility index (Phi) is 3.46. The molecule has 4 rings (SSSR count). The van der Waals surface area contributed by atoms with E-state index in [4.69, 9.17) is 0 Å². The van der Waals surface area contributed by atoms with E-state index in [1.54, 1.807) is 17.5 Å². The van der Waals surface area contributed by atoms with Crippen molar-refractivity contribution in [3.05, 3.63) is 35.2 Å². The maximum absolute atomic E-state index is 14.3. The third-order valence-electron chi connectivity index (χ3n) is 4.60. The summed E-state index contributed by atoms with van der Waals surface area (Å²) in [6.45, 7) is 3.27. The van der Waals surface area contributed by atoms with Crippen LogP contribution >= 0.6 is 11.3 Å². The molecule has 0 aromatic carbocycles. The quantitative estimate of drug-likeness (QED) is 0.934. The van der Waals surface area contributed by atoms with Gasteiger partial charge in [0, 0.05) is 61.4 Å². The first-order valence-corrected chi connectivity index (χ1v) is 8.28. The number of halogens is 1. The van der Waals surface area contributed by atoms with Crippen molar-refractivity contribution in [1.29, 1.82) is 0 Å². The van der Waals surface area contributed by atoms with Crippen molar-refractivity contribution in [3.8, 4) is 0 Å². The normalized spacial score (nSPS) is 24.1. The van der Waals surface area contributed by atoms with Gasteiger partial charge in [-0.25, -0.2) is 14.4 Å². The number of nitrogens with zero attached hydrogens (tertiary/aromatic N) is 4. The van der Waals surface area contributed by atoms with E-state index in [-0.39, 0.29) is 12.4 Å². The predicted octanol–water partition coefficient (Wildman–Crippen LogP) is 1.74. The molecule has 2 aromatic heterocycles. The van der Waals surface area contributed by atoms with Gasteiger partial charge in [-0.3, -0.25) is 0 Å². The van der Waals surface area contributed by atoms with Crippen LogP contribution in [0.25, 0.3) is 0 Å². The first-order chi connectivity index (χ1) is 10.8. The molecule has 7 heteroatoms. The molecular formula is C15H17FN4OS. The van der Waals surface area contributed by atoms with E-state index in [2.05, 4.69) is 14.9 Å². The summed E-state index contributed by atoms with van der Waals surface area (Å²) < 4.78 is 14.3. The van der Waals surface area contributed by atoms with Crippen LogP contribution in [0, 0.1) is 17.7 Å². The number of hydrogen-bond donors (Lipinski definition) is 1. The number of aliphatic hydroxyl groups is 1. The summed E-state index contributed by atoms with van der Waals surface area (Å²) in [4.78, 5) is 12.9. The number of pyridine rings is 1. The number of hydrogen-bond acceptors (Lipinski definition) is 6. The first kappa shape index (κ1) is 13.9. The molecular weight excluding hydrogens is 303 g/mol. The molecule has 0 aliphatic carbocycles. The van der Waals surface area contributed by atoms with Crippen molar-refractivity contribution in [2.75, 3.05) is 36.0 Å². The van der Waals surface area contributed by atoms with Gasteiger partial charge in [0.15, 0.2) is 16.8 Å². The van der Waals surface area contributed by atoms with Gasteiger partial charge < -0.3 is 14.9 Å². The van der Waals surface area contributed by atoms with Crippen molar-refractivity contribution in [1.82, 2.24) is 9.97 Å². The van der Waals surface area contributed by atoms with E-state index in [1.165, 1.54) is 6.07 Å². The van der Waals surface area contributed by atoms with Gasteiger partial charge in [-0.1, -0.05) is 0 Å². The van der Waals surface area contributed by atoms with E-state index in [0.717, 1.165) is 31.3 Å². The molecule has 2 aliphatic heterocycles. The van der Waals surface area contributed by atoms with Crippen LogP contribution in [-0.4, -0.2) is 41.3 Å². The summed E-state index contributed by atoms with van der Waals surface area (Å²) in [5.41, 5.74) is 0.312. The summed E-state index contributed by atoms with van der Waals surface area (Å²) in [6, 6.07) is 1.53. The van der Waals surface area contributed by atoms with Crippen molar-refractivity contribution in [3.63, 3.8) is 0 Å². The Morgan fingerprint density at radius 3 is 2.50 bits per heavy atom. The summed E-state index contributed by atoms with van der Waals surface area (Å²) >= 11 is 1.66. The van der Waals surface area contributed by atoms with Crippen LogP contribution in [-0.2, 0) is 6.61 Å². The Morgan fingerprint density at radius 2 is 1.86 bits per heavy atom. The number of thiazole rings is 1. The van der Waals surface area contributed by atoms with Crippen LogP contribution in [0.5, 0.6) is 0 Å². The van der Waals surface area contributed by atoms with E-state index in [0.29, 0.717) is 23.2 Å². The monoisotopic (exact) mass is 320 g/mol. The molecule has 0 bridgehead atoms. The second-order valence-corrected chi connectivity index (χ2v) is 6.78. The number of aliphatic hydroxyl groups excluding tert-OH is 1. The van der Waals surface area contributed by atoms with Gasteiger partial charge in [0.2, 0.25) is 0 Å². The molecule has 2 atom stereocenters. The van der Waals surface area contributed by atoms with E-state index in [1.807, 2.05) is 16.5 Å². The minimum atomic E-state index is -0.387. The Hall–Kier alpha value is -1.73. The number of anilines is 2. The van der Waals surface area contributed by atoms with Gasteiger partial charge in [0.05, 0.1) is 6.61 Å². The zero-order chi connectivity index (χ0) is 15.1. The maximum atomic E-state index is 14.3. The fourth-order valence-corrected chi connectivity index (χ4v) is 4.17. The van der Waals surface area contributed by atoms with Crippen LogP contribution in [0.1, 0.15) is 5.56 Å². The van der Waals surface area contributed by atoms with Crippen molar-refractivity contribution in [2.45, 2.75) is 6.61 Å². The van der Waals surface area contributed by atoms with Crippen molar-refractivity contribution >= 4 is 22.3 Å². The van der Waals surface area contributed by atoms with Gasteiger partial charge >= 0.3 is 0 Å². The summed E-state index contributed by atoms with van der Waals surface area (Å²) in [5, 5.41) is 12.3. The maximum Gasteiger partial charge on any atom is 0.185 e. The van der Waals surface area contributed by atoms with Crippen LogP contribution in [0.4, 0.5) is 15.3 Å². The van der Waals surface area contributed by atoms with Crippen LogP contribution in [0.2, 0.25) is 0 Å². The molecule has 116 valence electrons. The highest BCUT2D eigenvalue weighted by Gasteiger charge is 2.41. The molecule has 2 saturated heterocycles. The van der Waals surface area contributed by atoms with Gasteiger partial charge in [0.25, 0.3) is 0 Å². The lowest BCUT2D eigenvalue weighted by molar-refractivity contribution is 0.275. The van der Waals surface area contributed by atoms with E-state index < -0.39 is 0 Å². The average molecular weight is 320 g/mol. The third kappa shape index (κ3) is 2.24. The number of aromatic nitrogens is 2. The molecule has 2 aliphatic rings. The van der Waals surface area contributed by atoms with Crippen molar-refractivity contribution < 1.29 is 9.50 Å². The third-order valence-corrected chi connectivity index (χ3v) is 5.43. The fourth-order valence-electron chi connectivity index (χ4n) is 3.51. The smallest absolute Gasteiger partial charge is 0.185 e. The van der Waals surface area contributed by atoms with Crippen LogP contribution in [0.3, 0.4) is 0 Å². The Morgan fingerprint density at radius 1 is 1.14 bits per heavy atom. The van der Waals surface area contributed by atoms with Crippen molar-refractivity contribution in [2.24, 2.45) is 11.8 Å². The Labute approximate surface area is 132 Å². The van der Waals surface area contributed by atoms with Crippen LogP contribution in [0.15, 0.2) is 23.8 Å². The minimum absolute atomic E-state index is 0.292. The second-order valence-electron chi connectivity index (χ2n) is 5.91. The molecule has 2 fully saturated rings. The molecule has 22 heavy (non-hydrogen) atoms. The second kappa shape index (κ2) is 5.48. The Balaban J connectivity index is 1.49. The molecule has 1 N–H and O–H groups in total. The molecule has 5 nitrogen and oxygen atoms in total. The summed E-state index contributed by atoms with van der Waals surface area (Å²) in [6.07, 6.45) is 3.40.